The number of sulfone groups is 1. The maximum Gasteiger partial charge on any atom is 0.239 e. The molecular weight excluding hydrogens is 526 g/mol. The summed E-state index contributed by atoms with van der Waals surface area (Å²) in [5.74, 6) is 0.880. The van der Waals surface area contributed by atoms with Crippen LogP contribution in [0.2, 0.25) is 0 Å². The molecule has 3 heterocycles. The van der Waals surface area contributed by atoms with Crippen LogP contribution in [0.4, 0.5) is 5.69 Å². The first-order valence-corrected chi connectivity index (χ1v) is 16.2. The molecule has 1 amide bonds. The van der Waals surface area contributed by atoms with Crippen LogP contribution in [0.25, 0.3) is 11.0 Å². The third-order valence-corrected chi connectivity index (χ3v) is 10.2. The summed E-state index contributed by atoms with van der Waals surface area (Å²) in [4.78, 5) is 19.5. The number of piperidine rings is 1. The van der Waals surface area contributed by atoms with Crippen molar-refractivity contribution in [2.75, 3.05) is 36.9 Å². The van der Waals surface area contributed by atoms with Crippen LogP contribution < -0.4 is 10.0 Å². The van der Waals surface area contributed by atoms with Gasteiger partial charge in [0.2, 0.25) is 15.9 Å². The lowest BCUT2D eigenvalue weighted by Gasteiger charge is -2.38. The van der Waals surface area contributed by atoms with Gasteiger partial charge in [-0.25, -0.2) is 21.8 Å². The summed E-state index contributed by atoms with van der Waals surface area (Å²) in [5, 5.41) is 3.34. The minimum Gasteiger partial charge on any atom is -0.344 e. The highest BCUT2D eigenvalue weighted by molar-refractivity contribution is 7.92. The van der Waals surface area contributed by atoms with Crippen molar-refractivity contribution >= 4 is 42.5 Å². The third kappa shape index (κ3) is 4.92. The highest BCUT2D eigenvalue weighted by Crippen LogP contribution is 2.40. The largest absolute Gasteiger partial charge is 0.344 e. The average molecular weight is 560 g/mol. The van der Waals surface area contributed by atoms with Crippen LogP contribution in [0.15, 0.2) is 41.3 Å². The number of likely N-dealkylation sites (N-methyl/N-ethyl adjacent to an activating group) is 1. The third-order valence-electron chi connectivity index (χ3n) is 7.73. The molecule has 2 fully saturated rings. The molecule has 2 N–H and O–H groups in total. The fourth-order valence-electron chi connectivity index (χ4n) is 5.65. The Bertz CT molecular complexity index is 1610. The predicted octanol–water partition coefficient (Wildman–Crippen LogP) is 2.09. The zero-order chi connectivity index (χ0) is 27.4. The number of aromatic nitrogens is 2. The summed E-state index contributed by atoms with van der Waals surface area (Å²) in [6.07, 6.45) is 2.05. The summed E-state index contributed by atoms with van der Waals surface area (Å²) in [6.45, 7) is 5.21. The monoisotopic (exact) mass is 559 g/mol. The van der Waals surface area contributed by atoms with Gasteiger partial charge in [-0.15, -0.1) is 0 Å². The molecule has 3 unspecified atom stereocenters. The molecule has 3 atom stereocenters. The predicted molar refractivity (Wildman–Crippen MR) is 146 cm³/mol. The van der Waals surface area contributed by atoms with Gasteiger partial charge < -0.3 is 14.8 Å². The van der Waals surface area contributed by atoms with Crippen molar-refractivity contribution in [1.29, 1.82) is 0 Å². The number of carbonyl (C=O) groups is 1. The number of benzene rings is 2. The Balaban J connectivity index is 1.62. The molecule has 2 saturated heterocycles. The van der Waals surface area contributed by atoms with Crippen LogP contribution >= 0.6 is 0 Å². The summed E-state index contributed by atoms with van der Waals surface area (Å²) in [7, 11) is -5.06. The van der Waals surface area contributed by atoms with Crippen LogP contribution in [0.1, 0.15) is 36.2 Å². The number of carbonyl (C=O) groups excluding carboxylic acids is 1. The van der Waals surface area contributed by atoms with Crippen LogP contribution in [-0.4, -0.2) is 75.4 Å². The first kappa shape index (κ1) is 26.6. The number of hydrogen-bond donors (Lipinski definition) is 2. The van der Waals surface area contributed by atoms with E-state index in [0.717, 1.165) is 29.6 Å². The molecule has 1 aromatic heterocycles. The van der Waals surface area contributed by atoms with Crippen molar-refractivity contribution in [1.82, 2.24) is 19.8 Å². The van der Waals surface area contributed by atoms with Gasteiger partial charge >= 0.3 is 0 Å². The first-order chi connectivity index (χ1) is 17.9. The molecule has 2 aromatic carbocycles. The Morgan fingerprint density at radius 3 is 2.50 bits per heavy atom. The number of hydrogen-bond acceptors (Lipinski definition) is 7. The molecule has 3 aromatic rings. The Morgan fingerprint density at radius 2 is 1.84 bits per heavy atom. The van der Waals surface area contributed by atoms with Crippen LogP contribution in [0, 0.1) is 12.8 Å². The lowest BCUT2D eigenvalue weighted by atomic mass is 9.77. The molecule has 0 radical (unpaired) electrons. The number of nitrogens with one attached hydrogen (secondary N) is 2. The molecule has 2 aliphatic rings. The highest BCUT2D eigenvalue weighted by atomic mass is 32.2. The van der Waals surface area contributed by atoms with Gasteiger partial charge in [-0.3, -0.25) is 9.52 Å². The quantitative estimate of drug-likeness (QED) is 0.453. The fraction of sp³-hybridized carbons (Fsp3) is 0.462. The Labute approximate surface area is 223 Å². The molecule has 2 aliphatic heterocycles. The Hall–Kier alpha value is -2.96. The Morgan fingerprint density at radius 1 is 1.13 bits per heavy atom. The van der Waals surface area contributed by atoms with E-state index in [1.54, 1.807) is 43.1 Å². The van der Waals surface area contributed by atoms with Gasteiger partial charge in [0.05, 0.1) is 27.9 Å². The summed E-state index contributed by atoms with van der Waals surface area (Å²) >= 11 is 0. The van der Waals surface area contributed by atoms with Gasteiger partial charge in [-0.05, 0) is 68.1 Å². The molecule has 0 saturated carbocycles. The SMILES string of the molecule is CCS(=O)(=O)Nc1cc(C2CN(C)C(=O)C3NCCC32)cc2c1nc(C)n2Cc1ccc(S(C)(=O)=O)cc1. The van der Waals surface area contributed by atoms with Gasteiger partial charge in [0, 0.05) is 32.3 Å². The molecule has 0 aliphatic carbocycles. The van der Waals surface area contributed by atoms with Crippen LogP contribution in [0.5, 0.6) is 0 Å². The zero-order valence-corrected chi connectivity index (χ0v) is 23.6. The van der Waals surface area contributed by atoms with Gasteiger partial charge in [0.1, 0.15) is 11.3 Å². The summed E-state index contributed by atoms with van der Waals surface area (Å²) < 4.78 is 53.7. The Kier molecular flexibility index (Phi) is 6.77. The van der Waals surface area contributed by atoms with Crippen molar-refractivity contribution in [2.24, 2.45) is 5.92 Å². The van der Waals surface area contributed by atoms with E-state index in [9.17, 15) is 21.6 Å². The number of fused-ring (bicyclic) bond motifs is 2. The molecule has 0 spiro atoms. The number of anilines is 1. The van der Waals surface area contributed by atoms with E-state index in [1.807, 2.05) is 17.6 Å². The molecule has 38 heavy (non-hydrogen) atoms. The van der Waals surface area contributed by atoms with E-state index in [2.05, 4.69) is 16.1 Å². The molecule has 5 rings (SSSR count). The minimum absolute atomic E-state index is 0.0321. The van der Waals surface area contributed by atoms with Crippen molar-refractivity contribution in [3.05, 3.63) is 53.3 Å². The van der Waals surface area contributed by atoms with Crippen LogP contribution in [-0.2, 0) is 31.2 Å². The number of amides is 1. The number of imidazole rings is 1. The molecule has 0 bridgehead atoms. The van der Waals surface area contributed by atoms with Gasteiger partial charge in [0.15, 0.2) is 9.84 Å². The zero-order valence-electron chi connectivity index (χ0n) is 21.9. The molecule has 204 valence electrons. The van der Waals surface area contributed by atoms with Gasteiger partial charge in [-0.1, -0.05) is 12.1 Å². The standard InChI is InChI=1S/C26H33N5O5S2/c1-5-38(35,36)29-22-12-18(21-15-30(3)26(32)24-20(21)10-11-27-24)13-23-25(22)28-16(2)31(23)14-17-6-8-19(9-7-17)37(4,33)34/h6-9,12-13,20-21,24,27,29H,5,10-11,14-15H2,1-4H3. The number of aryl methyl sites for hydroxylation is 1. The number of nitrogens with zero attached hydrogens (tertiary/aromatic N) is 3. The normalized spacial score (nSPS) is 22.2. The fourth-order valence-corrected chi connectivity index (χ4v) is 6.92. The number of rotatable bonds is 7. The maximum absolute atomic E-state index is 12.8. The minimum atomic E-state index is -3.56. The van der Waals surface area contributed by atoms with E-state index in [1.165, 1.54) is 6.26 Å². The average Bonchev–Trinajstić information content (AvgIpc) is 3.47. The summed E-state index contributed by atoms with van der Waals surface area (Å²) in [6, 6.07) is 10.4. The maximum atomic E-state index is 12.8. The second-order valence-electron chi connectivity index (χ2n) is 10.3. The van der Waals surface area contributed by atoms with Crippen molar-refractivity contribution in [2.45, 2.75) is 43.7 Å². The lowest BCUT2D eigenvalue weighted by molar-refractivity contribution is -0.136. The second-order valence-corrected chi connectivity index (χ2v) is 14.3. The first-order valence-electron chi connectivity index (χ1n) is 12.7. The van der Waals surface area contributed by atoms with Gasteiger partial charge in [-0.2, -0.15) is 0 Å². The molecule has 10 nitrogen and oxygen atoms in total. The van der Waals surface area contributed by atoms with E-state index < -0.39 is 19.9 Å². The molecular formula is C26H33N5O5S2. The number of likely N-dealkylation sites (tertiary alicyclic amines) is 1. The van der Waals surface area contributed by atoms with E-state index in [-0.39, 0.29) is 34.4 Å². The van der Waals surface area contributed by atoms with Gasteiger partial charge in [0.25, 0.3) is 0 Å². The topological polar surface area (TPSA) is 130 Å². The highest BCUT2D eigenvalue weighted by Gasteiger charge is 2.44. The van der Waals surface area contributed by atoms with Crippen molar-refractivity contribution in [3.8, 4) is 0 Å². The second kappa shape index (κ2) is 9.65. The smallest absolute Gasteiger partial charge is 0.239 e. The van der Waals surface area contributed by atoms with Crippen LogP contribution in [0.3, 0.4) is 0 Å². The number of sulfonamides is 1. The molecule has 12 heteroatoms. The van der Waals surface area contributed by atoms with Crippen molar-refractivity contribution in [3.63, 3.8) is 0 Å². The van der Waals surface area contributed by atoms with E-state index >= 15 is 0 Å². The van der Waals surface area contributed by atoms with Crippen molar-refractivity contribution < 1.29 is 21.6 Å². The van der Waals surface area contributed by atoms with E-state index in [4.69, 9.17) is 4.98 Å². The summed E-state index contributed by atoms with van der Waals surface area (Å²) in [5.41, 5.74) is 3.61. The lowest BCUT2D eigenvalue weighted by Crippen LogP contribution is -2.52. The van der Waals surface area contributed by atoms with E-state index in [0.29, 0.717) is 30.1 Å².